The van der Waals surface area contributed by atoms with Gasteiger partial charge in [0.2, 0.25) is 11.8 Å². The van der Waals surface area contributed by atoms with E-state index in [9.17, 15) is 9.59 Å². The van der Waals surface area contributed by atoms with Crippen molar-refractivity contribution in [3.05, 3.63) is 0 Å². The van der Waals surface area contributed by atoms with Crippen molar-refractivity contribution in [3.8, 4) is 0 Å². The first-order chi connectivity index (χ1) is 9.01. The van der Waals surface area contributed by atoms with Crippen LogP contribution >= 0.6 is 0 Å². The van der Waals surface area contributed by atoms with E-state index in [1.165, 1.54) is 0 Å². The van der Waals surface area contributed by atoms with Crippen LogP contribution in [0.1, 0.15) is 39.5 Å². The van der Waals surface area contributed by atoms with Gasteiger partial charge in [-0.05, 0) is 44.2 Å². The smallest absolute Gasteiger partial charge is 0.230 e. The molecule has 19 heavy (non-hydrogen) atoms. The number of piperidine rings is 4. The van der Waals surface area contributed by atoms with E-state index in [0.29, 0.717) is 18.3 Å². The maximum atomic E-state index is 12.3. The summed E-state index contributed by atoms with van der Waals surface area (Å²) in [6.45, 7) is 7.58. The molecule has 0 aliphatic carbocycles. The summed E-state index contributed by atoms with van der Waals surface area (Å²) in [7, 11) is 0. The van der Waals surface area contributed by atoms with Gasteiger partial charge in [-0.3, -0.25) is 14.9 Å². The molecule has 0 saturated carbocycles. The number of fused-ring (bicyclic) bond motifs is 2. The molecule has 0 aromatic carbocycles. The molecule has 0 radical (unpaired) electrons. The second-order valence-electron chi connectivity index (χ2n) is 7.05. The molecular weight excluding hydrogens is 240 g/mol. The quantitative estimate of drug-likeness (QED) is 0.767. The highest BCUT2D eigenvalue weighted by atomic mass is 16.2. The number of nitrogens with zero attached hydrogens (tertiary/aromatic N) is 1. The lowest BCUT2D eigenvalue weighted by Crippen LogP contribution is -2.64. The Morgan fingerprint density at radius 2 is 2.00 bits per heavy atom. The van der Waals surface area contributed by atoms with Crippen molar-refractivity contribution in [3.63, 3.8) is 0 Å². The van der Waals surface area contributed by atoms with Gasteiger partial charge in [0.15, 0.2) is 0 Å². The molecule has 4 heterocycles. The van der Waals surface area contributed by atoms with Gasteiger partial charge in [0.1, 0.15) is 0 Å². The average molecular weight is 264 g/mol. The van der Waals surface area contributed by atoms with E-state index in [2.05, 4.69) is 24.1 Å². The first kappa shape index (κ1) is 13.1. The van der Waals surface area contributed by atoms with Crippen LogP contribution in [0.4, 0.5) is 0 Å². The molecule has 2 amide bonds. The van der Waals surface area contributed by atoms with Crippen molar-refractivity contribution in [2.75, 3.05) is 19.6 Å². The number of imide groups is 1. The Bertz CT molecular complexity index is 399. The number of carbonyl (C=O) groups is 2. The predicted molar refractivity (Wildman–Crippen MR) is 72.3 cm³/mol. The fourth-order valence-electron chi connectivity index (χ4n) is 4.57. The van der Waals surface area contributed by atoms with E-state index in [0.717, 1.165) is 38.9 Å². The van der Waals surface area contributed by atoms with Crippen LogP contribution in [0.2, 0.25) is 0 Å². The molecular formula is C15H24N2O2. The molecule has 2 unspecified atom stereocenters. The molecule has 2 atom stereocenters. The van der Waals surface area contributed by atoms with Crippen LogP contribution in [0, 0.1) is 23.2 Å². The van der Waals surface area contributed by atoms with Gasteiger partial charge in [-0.1, -0.05) is 13.8 Å². The molecule has 4 aliphatic heterocycles. The van der Waals surface area contributed by atoms with Crippen molar-refractivity contribution in [2.45, 2.75) is 39.5 Å². The maximum Gasteiger partial charge on any atom is 0.230 e. The Balaban J connectivity index is 1.94. The number of hydrogen-bond donors (Lipinski definition) is 1. The van der Waals surface area contributed by atoms with Crippen LogP contribution in [0.15, 0.2) is 0 Å². The third-order valence-corrected chi connectivity index (χ3v) is 5.39. The molecule has 106 valence electrons. The zero-order chi connectivity index (χ0) is 13.6. The molecule has 4 rings (SSSR count). The van der Waals surface area contributed by atoms with Gasteiger partial charge in [-0.2, -0.15) is 0 Å². The second-order valence-corrected chi connectivity index (χ2v) is 7.05. The summed E-state index contributed by atoms with van der Waals surface area (Å²) >= 11 is 0. The molecule has 0 aromatic rings. The Kier molecular flexibility index (Phi) is 3.16. The SMILES string of the molecule is CC(C)CC1C(=O)NC(=O)CC12CN1CCC2CC1. The molecule has 4 aliphatic rings. The van der Waals surface area contributed by atoms with E-state index >= 15 is 0 Å². The lowest BCUT2D eigenvalue weighted by Gasteiger charge is -2.57. The number of nitrogens with one attached hydrogen (secondary N) is 1. The minimum atomic E-state index is -0.0693. The molecule has 2 bridgehead atoms. The van der Waals surface area contributed by atoms with Gasteiger partial charge < -0.3 is 4.90 Å². The van der Waals surface area contributed by atoms with Crippen molar-refractivity contribution < 1.29 is 9.59 Å². The number of amides is 2. The molecule has 4 saturated heterocycles. The second kappa shape index (κ2) is 4.58. The Labute approximate surface area is 114 Å². The van der Waals surface area contributed by atoms with Gasteiger partial charge >= 0.3 is 0 Å². The van der Waals surface area contributed by atoms with Crippen molar-refractivity contribution in [2.24, 2.45) is 23.2 Å². The largest absolute Gasteiger partial charge is 0.303 e. The number of rotatable bonds is 2. The summed E-state index contributed by atoms with van der Waals surface area (Å²) in [6.07, 6.45) is 3.78. The van der Waals surface area contributed by atoms with Crippen molar-refractivity contribution >= 4 is 11.8 Å². The van der Waals surface area contributed by atoms with Crippen LogP contribution in [-0.2, 0) is 9.59 Å². The van der Waals surface area contributed by atoms with Crippen LogP contribution in [0.25, 0.3) is 0 Å². The van der Waals surface area contributed by atoms with Gasteiger partial charge in [0.05, 0.1) is 0 Å². The predicted octanol–water partition coefficient (Wildman–Crippen LogP) is 1.41. The summed E-state index contributed by atoms with van der Waals surface area (Å²) < 4.78 is 0. The molecule has 0 aromatic heterocycles. The highest BCUT2D eigenvalue weighted by molar-refractivity contribution is 5.99. The van der Waals surface area contributed by atoms with Crippen LogP contribution in [0.5, 0.6) is 0 Å². The third-order valence-electron chi connectivity index (χ3n) is 5.39. The zero-order valence-corrected chi connectivity index (χ0v) is 11.9. The first-order valence-electron chi connectivity index (χ1n) is 7.57. The van der Waals surface area contributed by atoms with E-state index < -0.39 is 0 Å². The van der Waals surface area contributed by atoms with Crippen LogP contribution in [0.3, 0.4) is 0 Å². The molecule has 4 fully saturated rings. The minimum absolute atomic E-state index is 0.0151. The highest BCUT2D eigenvalue weighted by Gasteiger charge is 2.56. The van der Waals surface area contributed by atoms with Crippen LogP contribution < -0.4 is 5.32 Å². The zero-order valence-electron chi connectivity index (χ0n) is 11.9. The van der Waals surface area contributed by atoms with E-state index in [-0.39, 0.29) is 23.1 Å². The standard InChI is InChI=1S/C15H24N2O2/c1-10(2)7-12-14(19)16-13(18)8-15(12)9-17-5-3-11(15)4-6-17/h10-12H,3-9H2,1-2H3,(H,16,18,19). The molecule has 1 spiro atoms. The van der Waals surface area contributed by atoms with Gasteiger partial charge in [0.25, 0.3) is 0 Å². The Hall–Kier alpha value is -0.900. The fourth-order valence-corrected chi connectivity index (χ4v) is 4.57. The maximum absolute atomic E-state index is 12.3. The van der Waals surface area contributed by atoms with Gasteiger partial charge in [-0.15, -0.1) is 0 Å². The molecule has 4 heteroatoms. The normalized spacial score (nSPS) is 41.9. The van der Waals surface area contributed by atoms with Gasteiger partial charge in [0, 0.05) is 24.3 Å². The lowest BCUT2D eigenvalue weighted by molar-refractivity contribution is -0.157. The summed E-state index contributed by atoms with van der Waals surface area (Å²) in [5.41, 5.74) is -0.0693. The first-order valence-corrected chi connectivity index (χ1v) is 7.57. The summed E-state index contributed by atoms with van der Waals surface area (Å²) in [5.74, 6) is 1.02. The van der Waals surface area contributed by atoms with Crippen LogP contribution in [-0.4, -0.2) is 36.3 Å². The monoisotopic (exact) mass is 264 g/mol. The van der Waals surface area contributed by atoms with E-state index in [1.54, 1.807) is 0 Å². The van der Waals surface area contributed by atoms with Gasteiger partial charge in [-0.25, -0.2) is 0 Å². The Morgan fingerprint density at radius 1 is 1.32 bits per heavy atom. The highest BCUT2D eigenvalue weighted by Crippen LogP contribution is 2.52. The topological polar surface area (TPSA) is 49.4 Å². The fraction of sp³-hybridized carbons (Fsp3) is 0.867. The average Bonchev–Trinajstić information content (AvgIpc) is 2.35. The van der Waals surface area contributed by atoms with E-state index in [1.807, 2.05) is 0 Å². The van der Waals surface area contributed by atoms with Crippen molar-refractivity contribution in [1.82, 2.24) is 10.2 Å². The van der Waals surface area contributed by atoms with E-state index in [4.69, 9.17) is 0 Å². The summed E-state index contributed by atoms with van der Waals surface area (Å²) in [6, 6.07) is 0. The molecule has 4 nitrogen and oxygen atoms in total. The van der Waals surface area contributed by atoms with Crippen molar-refractivity contribution in [1.29, 1.82) is 0 Å². The molecule has 1 N–H and O–H groups in total. The minimum Gasteiger partial charge on any atom is -0.303 e. The Morgan fingerprint density at radius 3 is 2.53 bits per heavy atom. The summed E-state index contributed by atoms with van der Waals surface area (Å²) in [4.78, 5) is 26.7. The third kappa shape index (κ3) is 2.10. The number of carbonyl (C=O) groups excluding carboxylic acids is 2. The summed E-state index contributed by atoms with van der Waals surface area (Å²) in [5, 5.41) is 2.57. The lowest BCUT2D eigenvalue weighted by atomic mass is 9.55. The number of hydrogen-bond acceptors (Lipinski definition) is 3.